The summed E-state index contributed by atoms with van der Waals surface area (Å²) in [4.78, 5) is 13.9. The van der Waals surface area contributed by atoms with Gasteiger partial charge in [0.1, 0.15) is 6.04 Å². The van der Waals surface area contributed by atoms with E-state index in [4.69, 9.17) is 22.3 Å². The van der Waals surface area contributed by atoms with Crippen LogP contribution in [0.1, 0.15) is 14.3 Å². The van der Waals surface area contributed by atoms with Crippen molar-refractivity contribution < 1.29 is 62.7 Å². The van der Waals surface area contributed by atoms with Gasteiger partial charge in [-0.05, 0) is 12.8 Å². The van der Waals surface area contributed by atoms with Gasteiger partial charge in [0.2, 0.25) is 0 Å². The van der Waals surface area contributed by atoms with Gasteiger partial charge in [-0.25, -0.2) is 0 Å². The normalized spacial score (nSPS) is 11.2. The Morgan fingerprint density at radius 3 is 2.46 bits per heavy atom. The molecular weight excluding hydrogens is 199 g/mol. The summed E-state index contributed by atoms with van der Waals surface area (Å²) in [5, 5.41) is 8.38. The first-order valence-electron chi connectivity index (χ1n) is 3.58. The van der Waals surface area contributed by atoms with Gasteiger partial charge in [-0.1, -0.05) is 0 Å². The molecule has 0 aromatic carbocycles. The summed E-state index contributed by atoms with van der Waals surface area (Å²) in [6, 6.07) is -0.820. The molecule has 0 aliphatic heterocycles. The third-order valence-corrected chi connectivity index (χ3v) is 1.28. The molecule has 0 unspecified atom stereocenters. The number of carboxylic acids is 1. The number of aliphatic imine (C=N–C) groups is 1. The first kappa shape index (κ1) is 15.8. The molecule has 0 heterocycles. The van der Waals surface area contributed by atoms with Crippen molar-refractivity contribution in [3.05, 3.63) is 0 Å². The van der Waals surface area contributed by atoms with Gasteiger partial charge in [0, 0.05) is 6.54 Å². The predicted molar refractivity (Wildman–Crippen MR) is 46.6 cm³/mol. The smallest absolute Gasteiger partial charge is 1.00 e. The third-order valence-electron chi connectivity index (χ3n) is 1.28. The minimum atomic E-state index is -1.00. The van der Waals surface area contributed by atoms with Crippen LogP contribution in [0.25, 0.3) is 0 Å². The molecule has 0 saturated heterocycles. The van der Waals surface area contributed by atoms with Crippen molar-refractivity contribution in [1.29, 1.82) is 0 Å². The van der Waals surface area contributed by atoms with Crippen LogP contribution in [0.5, 0.6) is 0 Å². The molecule has 0 bridgehead atoms. The summed E-state index contributed by atoms with van der Waals surface area (Å²) in [6.45, 7) is 0.420. The van der Waals surface area contributed by atoms with Crippen molar-refractivity contribution in [2.75, 3.05) is 6.54 Å². The molecule has 0 saturated carbocycles. The zero-order valence-corrected chi connectivity index (χ0v) is 10.9. The Balaban J connectivity index is -0.000000605. The molecule has 0 aliphatic carbocycles. The zero-order chi connectivity index (χ0) is 9.56. The van der Waals surface area contributed by atoms with E-state index in [1.54, 1.807) is 0 Å². The minimum absolute atomic E-state index is 0. The monoisotopic (exact) mass is 214 g/mol. The average Bonchev–Trinajstić information content (AvgIpc) is 1.97. The SMILES string of the molecule is NC(N)=NCCC[C@H](N)C(=O)O.[H-].[K+]. The van der Waals surface area contributed by atoms with Crippen LogP contribution in [0.3, 0.4) is 0 Å². The summed E-state index contributed by atoms with van der Waals surface area (Å²) in [5.41, 5.74) is 15.3. The van der Waals surface area contributed by atoms with Gasteiger partial charge in [0.05, 0.1) is 0 Å². The molecule has 7 heteroatoms. The predicted octanol–water partition coefficient (Wildman–Crippen LogP) is -4.43. The van der Waals surface area contributed by atoms with Crippen molar-refractivity contribution >= 4 is 11.9 Å². The molecule has 7 N–H and O–H groups in total. The molecule has 0 aromatic heterocycles. The molecule has 1 atom stereocenters. The summed E-state index contributed by atoms with van der Waals surface area (Å²) >= 11 is 0. The van der Waals surface area contributed by atoms with E-state index in [0.717, 1.165) is 0 Å². The van der Waals surface area contributed by atoms with Gasteiger partial charge < -0.3 is 23.7 Å². The number of hydrogen-bond acceptors (Lipinski definition) is 3. The maximum Gasteiger partial charge on any atom is 1.00 e. The van der Waals surface area contributed by atoms with E-state index < -0.39 is 12.0 Å². The van der Waals surface area contributed by atoms with E-state index in [1.807, 2.05) is 0 Å². The standard InChI is InChI=1S/C6H14N4O2.K.H/c7-4(5(11)12)2-1-3-10-6(8)9;;/h4H,1-3,7H2,(H,11,12)(H4,8,9,10);;/q;+1;-1/t4-;;/m0../s1. The Kier molecular flexibility index (Phi) is 10.8. The molecule has 6 nitrogen and oxygen atoms in total. The van der Waals surface area contributed by atoms with Crippen LogP contribution in [0.4, 0.5) is 0 Å². The first-order chi connectivity index (χ1) is 5.54. The second kappa shape index (κ2) is 8.91. The van der Waals surface area contributed by atoms with E-state index in [1.165, 1.54) is 0 Å². The van der Waals surface area contributed by atoms with Crippen molar-refractivity contribution in [3.8, 4) is 0 Å². The van der Waals surface area contributed by atoms with E-state index in [-0.39, 0.29) is 58.8 Å². The van der Waals surface area contributed by atoms with Crippen LogP contribution in [-0.4, -0.2) is 29.6 Å². The van der Waals surface area contributed by atoms with Crippen LogP contribution in [0.2, 0.25) is 0 Å². The van der Waals surface area contributed by atoms with Crippen LogP contribution in [0.15, 0.2) is 4.99 Å². The molecule has 72 valence electrons. The van der Waals surface area contributed by atoms with Crippen molar-refractivity contribution in [2.24, 2.45) is 22.2 Å². The van der Waals surface area contributed by atoms with Crippen LogP contribution in [0, 0.1) is 0 Å². The third kappa shape index (κ3) is 10.3. The molecule has 0 rings (SSSR count). The Hall–Kier alpha value is 0.336. The average molecular weight is 214 g/mol. The largest absolute Gasteiger partial charge is 1.00 e. The Labute approximate surface area is 121 Å². The fourth-order valence-corrected chi connectivity index (χ4v) is 0.643. The Morgan fingerprint density at radius 2 is 2.08 bits per heavy atom. The first-order valence-corrected chi connectivity index (χ1v) is 3.58. The Morgan fingerprint density at radius 1 is 1.54 bits per heavy atom. The maximum absolute atomic E-state index is 10.2. The minimum Gasteiger partial charge on any atom is -1.00 e. The van der Waals surface area contributed by atoms with Gasteiger partial charge >= 0.3 is 57.4 Å². The van der Waals surface area contributed by atoms with Crippen molar-refractivity contribution in [3.63, 3.8) is 0 Å². The number of nitrogens with zero attached hydrogens (tertiary/aromatic N) is 1. The van der Waals surface area contributed by atoms with E-state index in [9.17, 15) is 4.79 Å². The second-order valence-corrected chi connectivity index (χ2v) is 2.39. The summed E-state index contributed by atoms with van der Waals surface area (Å²) in [5.74, 6) is -0.987. The number of carbonyl (C=O) groups is 1. The topological polar surface area (TPSA) is 128 Å². The van der Waals surface area contributed by atoms with E-state index >= 15 is 0 Å². The number of guanidine groups is 1. The summed E-state index contributed by atoms with van der Waals surface area (Å²) in [7, 11) is 0. The Bertz CT molecular complexity index is 187. The molecule has 13 heavy (non-hydrogen) atoms. The van der Waals surface area contributed by atoms with E-state index in [0.29, 0.717) is 19.4 Å². The van der Waals surface area contributed by atoms with Gasteiger partial charge in [-0.2, -0.15) is 0 Å². The number of aliphatic carboxylic acids is 1. The quantitative estimate of drug-likeness (QED) is 0.159. The second-order valence-electron chi connectivity index (χ2n) is 2.39. The van der Waals surface area contributed by atoms with Crippen molar-refractivity contribution in [2.45, 2.75) is 18.9 Å². The number of rotatable bonds is 5. The summed E-state index contributed by atoms with van der Waals surface area (Å²) in [6.07, 6.45) is 0.956. The molecule has 0 radical (unpaired) electrons. The number of nitrogens with two attached hydrogens (primary N) is 3. The van der Waals surface area contributed by atoms with Crippen LogP contribution in [-0.2, 0) is 4.79 Å². The summed E-state index contributed by atoms with van der Waals surface area (Å²) < 4.78 is 0. The number of hydrogen-bond donors (Lipinski definition) is 4. The fourth-order valence-electron chi connectivity index (χ4n) is 0.643. The molecule has 0 spiro atoms. The van der Waals surface area contributed by atoms with Gasteiger partial charge in [-0.3, -0.25) is 9.79 Å². The molecular formula is C6H15KN4O2. The fraction of sp³-hybridized carbons (Fsp3) is 0.667. The van der Waals surface area contributed by atoms with Gasteiger partial charge in [0.25, 0.3) is 0 Å². The molecule has 0 aromatic rings. The molecule has 0 aliphatic rings. The van der Waals surface area contributed by atoms with Crippen molar-refractivity contribution in [1.82, 2.24) is 0 Å². The van der Waals surface area contributed by atoms with Gasteiger partial charge in [-0.15, -0.1) is 0 Å². The van der Waals surface area contributed by atoms with Crippen LogP contribution < -0.4 is 68.6 Å². The van der Waals surface area contributed by atoms with E-state index in [2.05, 4.69) is 4.99 Å². The maximum atomic E-state index is 10.2. The number of carboxylic acid groups (broad SMARTS) is 1. The zero-order valence-electron chi connectivity index (χ0n) is 8.73. The van der Waals surface area contributed by atoms with Crippen LogP contribution >= 0.6 is 0 Å². The molecule has 0 amide bonds. The molecule has 0 fully saturated rings. The van der Waals surface area contributed by atoms with Gasteiger partial charge in [0.15, 0.2) is 5.96 Å².